The number of nitrogens with zero attached hydrogens (tertiary/aromatic N) is 3. The Morgan fingerprint density at radius 1 is 1.27 bits per heavy atom. The molecule has 0 aromatic carbocycles. The molecular formula is C18H21N5O3. The van der Waals surface area contributed by atoms with E-state index in [0.29, 0.717) is 24.5 Å². The number of amides is 2. The number of carbonyl (C=O) groups excluding carboxylic acids is 2. The molecule has 2 amide bonds. The topological polar surface area (TPSA) is 106 Å². The van der Waals surface area contributed by atoms with E-state index in [1.807, 2.05) is 0 Å². The van der Waals surface area contributed by atoms with Crippen molar-refractivity contribution in [3.05, 3.63) is 47.7 Å². The lowest BCUT2D eigenvalue weighted by Gasteiger charge is -2.20. The van der Waals surface area contributed by atoms with Crippen LogP contribution in [0.4, 0.5) is 5.82 Å². The first kappa shape index (κ1) is 17.9. The maximum atomic E-state index is 12.3. The van der Waals surface area contributed by atoms with Gasteiger partial charge in [-0.1, -0.05) is 0 Å². The Kier molecular flexibility index (Phi) is 5.85. The number of anilines is 1. The van der Waals surface area contributed by atoms with E-state index in [-0.39, 0.29) is 17.7 Å². The van der Waals surface area contributed by atoms with Crippen LogP contribution in [-0.4, -0.2) is 40.0 Å². The van der Waals surface area contributed by atoms with Crippen molar-refractivity contribution in [2.75, 3.05) is 18.5 Å². The minimum Gasteiger partial charge on any atom is -0.381 e. The molecule has 3 heterocycles. The Balaban J connectivity index is 1.61. The van der Waals surface area contributed by atoms with Crippen molar-refractivity contribution in [3.8, 4) is 0 Å². The molecule has 2 aromatic heterocycles. The van der Waals surface area contributed by atoms with Gasteiger partial charge in [0, 0.05) is 37.4 Å². The lowest BCUT2D eigenvalue weighted by atomic mass is 10.0. The molecule has 8 heteroatoms. The summed E-state index contributed by atoms with van der Waals surface area (Å²) in [6.45, 7) is 3.11. The van der Waals surface area contributed by atoms with Gasteiger partial charge >= 0.3 is 0 Å². The van der Waals surface area contributed by atoms with Gasteiger partial charge in [0.25, 0.3) is 5.91 Å². The van der Waals surface area contributed by atoms with Crippen molar-refractivity contribution in [2.45, 2.75) is 32.2 Å². The van der Waals surface area contributed by atoms with Crippen molar-refractivity contribution in [2.24, 2.45) is 0 Å². The predicted molar refractivity (Wildman–Crippen MR) is 94.5 cm³/mol. The highest BCUT2D eigenvalue weighted by Gasteiger charge is 2.19. The van der Waals surface area contributed by atoms with Crippen molar-refractivity contribution >= 4 is 17.6 Å². The molecular weight excluding hydrogens is 334 g/mol. The summed E-state index contributed by atoms with van der Waals surface area (Å²) in [5.74, 6) is 0.801. The number of hydrogen-bond donors (Lipinski definition) is 2. The molecule has 0 unspecified atom stereocenters. The standard InChI is InChI=1S/C18H21N5O3/c1-12(24)22-16-9-13(4-6-19-16)18(25)21-10-15-5-7-20-17(23-15)14-3-2-8-26-11-14/h4-7,9,14H,2-3,8,10-11H2,1H3,(H,21,25)(H,19,22,24)/t14-/m1/s1. The van der Waals surface area contributed by atoms with E-state index >= 15 is 0 Å². The second-order valence-corrected chi connectivity index (χ2v) is 6.11. The maximum Gasteiger partial charge on any atom is 0.251 e. The van der Waals surface area contributed by atoms with E-state index in [9.17, 15) is 9.59 Å². The van der Waals surface area contributed by atoms with Crippen LogP contribution in [0.1, 0.15) is 47.6 Å². The summed E-state index contributed by atoms with van der Waals surface area (Å²) >= 11 is 0. The van der Waals surface area contributed by atoms with Crippen molar-refractivity contribution in [1.82, 2.24) is 20.3 Å². The van der Waals surface area contributed by atoms with Crippen LogP contribution in [0.5, 0.6) is 0 Å². The fourth-order valence-electron chi connectivity index (χ4n) is 2.75. The first-order valence-electron chi connectivity index (χ1n) is 8.53. The fourth-order valence-corrected chi connectivity index (χ4v) is 2.75. The van der Waals surface area contributed by atoms with Gasteiger partial charge in [0.2, 0.25) is 5.91 Å². The van der Waals surface area contributed by atoms with Gasteiger partial charge in [-0.3, -0.25) is 9.59 Å². The average Bonchev–Trinajstić information content (AvgIpc) is 2.67. The number of pyridine rings is 1. The molecule has 2 N–H and O–H groups in total. The average molecular weight is 355 g/mol. The van der Waals surface area contributed by atoms with Crippen LogP contribution in [0.15, 0.2) is 30.6 Å². The van der Waals surface area contributed by atoms with Crippen molar-refractivity contribution < 1.29 is 14.3 Å². The Morgan fingerprint density at radius 2 is 2.12 bits per heavy atom. The smallest absolute Gasteiger partial charge is 0.251 e. The lowest BCUT2D eigenvalue weighted by molar-refractivity contribution is -0.114. The third kappa shape index (κ3) is 4.82. The van der Waals surface area contributed by atoms with E-state index in [1.54, 1.807) is 18.3 Å². The predicted octanol–water partition coefficient (Wildman–Crippen LogP) is 1.65. The summed E-state index contributed by atoms with van der Waals surface area (Å²) in [4.78, 5) is 36.3. The minimum atomic E-state index is -0.264. The van der Waals surface area contributed by atoms with Crippen molar-refractivity contribution in [3.63, 3.8) is 0 Å². The summed E-state index contributed by atoms with van der Waals surface area (Å²) < 4.78 is 5.49. The molecule has 1 aliphatic heterocycles. The number of aromatic nitrogens is 3. The molecule has 0 radical (unpaired) electrons. The largest absolute Gasteiger partial charge is 0.381 e. The van der Waals surface area contributed by atoms with Gasteiger partial charge in [0.15, 0.2) is 0 Å². The fraction of sp³-hybridized carbons (Fsp3) is 0.389. The number of carbonyl (C=O) groups is 2. The zero-order chi connectivity index (χ0) is 18.4. The van der Waals surface area contributed by atoms with Crippen LogP contribution in [0.3, 0.4) is 0 Å². The van der Waals surface area contributed by atoms with Gasteiger partial charge in [0.1, 0.15) is 11.6 Å². The highest BCUT2D eigenvalue weighted by molar-refractivity contribution is 5.96. The van der Waals surface area contributed by atoms with Crippen LogP contribution in [0.25, 0.3) is 0 Å². The molecule has 3 rings (SSSR count). The Morgan fingerprint density at radius 3 is 2.88 bits per heavy atom. The van der Waals surface area contributed by atoms with Gasteiger partial charge in [-0.2, -0.15) is 0 Å². The molecule has 0 bridgehead atoms. The molecule has 2 aromatic rings. The quantitative estimate of drug-likeness (QED) is 0.845. The number of nitrogens with one attached hydrogen (secondary N) is 2. The van der Waals surface area contributed by atoms with Gasteiger partial charge in [0.05, 0.1) is 18.8 Å². The summed E-state index contributed by atoms with van der Waals surface area (Å²) in [6.07, 6.45) is 5.21. The second-order valence-electron chi connectivity index (χ2n) is 6.11. The van der Waals surface area contributed by atoms with E-state index in [4.69, 9.17) is 4.74 Å². The zero-order valence-electron chi connectivity index (χ0n) is 14.6. The zero-order valence-corrected chi connectivity index (χ0v) is 14.6. The van der Waals surface area contributed by atoms with Gasteiger partial charge < -0.3 is 15.4 Å². The van der Waals surface area contributed by atoms with Gasteiger partial charge in [-0.15, -0.1) is 0 Å². The first-order valence-corrected chi connectivity index (χ1v) is 8.53. The lowest BCUT2D eigenvalue weighted by Crippen LogP contribution is -2.24. The molecule has 8 nitrogen and oxygen atoms in total. The highest BCUT2D eigenvalue weighted by atomic mass is 16.5. The SMILES string of the molecule is CC(=O)Nc1cc(C(=O)NCc2ccnc([C@@H]3CCCOC3)n2)ccn1. The van der Waals surface area contributed by atoms with Crippen LogP contribution in [-0.2, 0) is 16.1 Å². The number of hydrogen-bond acceptors (Lipinski definition) is 6. The monoisotopic (exact) mass is 355 g/mol. The molecule has 1 aliphatic rings. The molecule has 0 saturated carbocycles. The molecule has 26 heavy (non-hydrogen) atoms. The normalized spacial score (nSPS) is 16.7. The van der Waals surface area contributed by atoms with Gasteiger partial charge in [-0.25, -0.2) is 15.0 Å². The highest BCUT2D eigenvalue weighted by Crippen LogP contribution is 2.22. The van der Waals surface area contributed by atoms with E-state index in [2.05, 4.69) is 25.6 Å². The second kappa shape index (κ2) is 8.48. The van der Waals surface area contributed by atoms with E-state index in [0.717, 1.165) is 31.0 Å². The minimum absolute atomic E-state index is 0.208. The van der Waals surface area contributed by atoms with Crippen LogP contribution < -0.4 is 10.6 Å². The molecule has 1 atom stereocenters. The number of rotatable bonds is 5. The van der Waals surface area contributed by atoms with Crippen LogP contribution in [0.2, 0.25) is 0 Å². The third-order valence-corrected chi connectivity index (χ3v) is 4.01. The van der Waals surface area contributed by atoms with Crippen LogP contribution >= 0.6 is 0 Å². The van der Waals surface area contributed by atoms with Gasteiger partial charge in [-0.05, 0) is 31.0 Å². The summed E-state index contributed by atoms with van der Waals surface area (Å²) in [6, 6.07) is 4.90. The summed E-state index contributed by atoms with van der Waals surface area (Å²) in [5, 5.41) is 5.38. The molecule has 0 spiro atoms. The Hall–Kier alpha value is -2.87. The third-order valence-electron chi connectivity index (χ3n) is 4.01. The molecule has 136 valence electrons. The molecule has 0 aliphatic carbocycles. The Bertz CT molecular complexity index is 790. The summed E-state index contributed by atoms with van der Waals surface area (Å²) in [5.41, 5.74) is 1.16. The Labute approximate surface area is 151 Å². The van der Waals surface area contributed by atoms with E-state index in [1.165, 1.54) is 19.2 Å². The van der Waals surface area contributed by atoms with E-state index < -0.39 is 0 Å². The number of ether oxygens (including phenoxy) is 1. The first-order chi connectivity index (χ1) is 12.6. The van der Waals surface area contributed by atoms with Crippen LogP contribution in [0, 0.1) is 0 Å². The maximum absolute atomic E-state index is 12.3. The molecule has 1 fully saturated rings. The molecule has 1 saturated heterocycles. The van der Waals surface area contributed by atoms with Crippen molar-refractivity contribution in [1.29, 1.82) is 0 Å². The summed E-state index contributed by atoms with van der Waals surface area (Å²) in [7, 11) is 0.